The van der Waals surface area contributed by atoms with Crippen molar-refractivity contribution in [3.05, 3.63) is 30.0 Å². The van der Waals surface area contributed by atoms with E-state index < -0.39 is 11.9 Å². The molecule has 3 nitrogen and oxygen atoms in total. The molecule has 2 rings (SSSR count). The lowest BCUT2D eigenvalue weighted by atomic mass is 10.00. The van der Waals surface area contributed by atoms with Crippen LogP contribution in [-0.4, -0.2) is 15.4 Å². The minimum Gasteiger partial charge on any atom is -0.481 e. The van der Waals surface area contributed by atoms with Crippen molar-refractivity contribution in [2.45, 2.75) is 19.3 Å². The highest BCUT2D eigenvalue weighted by Gasteiger charge is 2.22. The van der Waals surface area contributed by atoms with E-state index in [-0.39, 0.29) is 0 Å². The van der Waals surface area contributed by atoms with Gasteiger partial charge in [-0.15, -0.1) is 0 Å². The van der Waals surface area contributed by atoms with E-state index in [9.17, 15) is 4.79 Å². The van der Waals surface area contributed by atoms with Gasteiger partial charge in [-0.1, -0.05) is 25.1 Å². The molecule has 0 amide bonds. The second-order valence-electron chi connectivity index (χ2n) is 3.36. The Hall–Kier alpha value is -1.42. The number of carboxylic acids is 1. The van der Waals surface area contributed by atoms with Crippen LogP contribution in [0.3, 0.4) is 0 Å². The summed E-state index contributed by atoms with van der Waals surface area (Å²) in [5.74, 6) is -1.28. The van der Waals surface area contributed by atoms with Gasteiger partial charge in [0.1, 0.15) is 5.92 Å². The molecule has 0 aliphatic heterocycles. The van der Waals surface area contributed by atoms with Crippen molar-refractivity contribution < 1.29 is 9.90 Å². The Kier molecular flexibility index (Phi) is 2.68. The summed E-state index contributed by atoms with van der Waals surface area (Å²) in [6, 6.07) is 7.74. The molecule has 4 heteroatoms. The summed E-state index contributed by atoms with van der Waals surface area (Å²) in [6.45, 7) is 1.87. The van der Waals surface area contributed by atoms with Crippen LogP contribution in [0.1, 0.15) is 25.0 Å². The number of fused-ring (bicyclic) bond motifs is 1. The first-order valence-corrected chi connectivity index (χ1v) is 5.58. The SMILES string of the molecule is CCC(C(=O)O)c1nsc2ccccc12. The minimum absolute atomic E-state index is 0.485. The smallest absolute Gasteiger partial charge is 0.312 e. The Balaban J connectivity index is 2.55. The predicted molar refractivity (Wildman–Crippen MR) is 60.3 cm³/mol. The van der Waals surface area contributed by atoms with Gasteiger partial charge in [0.25, 0.3) is 0 Å². The van der Waals surface area contributed by atoms with E-state index >= 15 is 0 Å². The quantitative estimate of drug-likeness (QED) is 0.867. The van der Waals surface area contributed by atoms with E-state index in [1.165, 1.54) is 11.5 Å². The van der Waals surface area contributed by atoms with Crippen molar-refractivity contribution in [3.63, 3.8) is 0 Å². The molecule has 0 radical (unpaired) electrons. The van der Waals surface area contributed by atoms with Crippen LogP contribution in [0.5, 0.6) is 0 Å². The summed E-state index contributed by atoms with van der Waals surface area (Å²) >= 11 is 1.36. The number of rotatable bonds is 3. The first-order chi connectivity index (χ1) is 7.24. The van der Waals surface area contributed by atoms with Crippen LogP contribution >= 0.6 is 11.5 Å². The fraction of sp³-hybridized carbons (Fsp3) is 0.273. The maximum Gasteiger partial charge on any atom is 0.312 e. The van der Waals surface area contributed by atoms with Crippen LogP contribution in [0.2, 0.25) is 0 Å². The fourth-order valence-electron chi connectivity index (χ4n) is 1.64. The van der Waals surface area contributed by atoms with Crippen LogP contribution in [-0.2, 0) is 4.79 Å². The van der Waals surface area contributed by atoms with E-state index in [4.69, 9.17) is 5.11 Å². The summed E-state index contributed by atoms with van der Waals surface area (Å²) in [5.41, 5.74) is 0.700. The first kappa shape index (κ1) is 10.1. The van der Waals surface area contributed by atoms with E-state index in [2.05, 4.69) is 4.37 Å². The lowest BCUT2D eigenvalue weighted by Gasteiger charge is -2.06. The molecule has 0 aliphatic rings. The molecule has 0 saturated heterocycles. The number of aromatic nitrogens is 1. The fourth-order valence-corrected chi connectivity index (χ4v) is 2.47. The van der Waals surface area contributed by atoms with Crippen molar-refractivity contribution in [2.75, 3.05) is 0 Å². The highest BCUT2D eigenvalue weighted by Crippen LogP contribution is 2.29. The highest BCUT2D eigenvalue weighted by atomic mass is 32.1. The molecule has 0 spiro atoms. The molecule has 78 valence electrons. The molecule has 0 aliphatic carbocycles. The lowest BCUT2D eigenvalue weighted by Crippen LogP contribution is -2.10. The molecule has 1 aromatic heterocycles. The molecule has 1 aromatic carbocycles. The summed E-state index contributed by atoms with van der Waals surface area (Å²) < 4.78 is 5.30. The zero-order valence-electron chi connectivity index (χ0n) is 8.30. The van der Waals surface area contributed by atoms with Gasteiger partial charge in [-0.25, -0.2) is 0 Å². The topological polar surface area (TPSA) is 50.2 Å². The Morgan fingerprint density at radius 2 is 2.27 bits per heavy atom. The number of hydrogen-bond acceptors (Lipinski definition) is 3. The molecular formula is C11H11NO2S. The van der Waals surface area contributed by atoms with Crippen molar-refractivity contribution in [1.29, 1.82) is 0 Å². The molecular weight excluding hydrogens is 210 g/mol. The van der Waals surface area contributed by atoms with Crippen LogP contribution in [0.15, 0.2) is 24.3 Å². The minimum atomic E-state index is -0.798. The van der Waals surface area contributed by atoms with Crippen molar-refractivity contribution in [1.82, 2.24) is 4.37 Å². The lowest BCUT2D eigenvalue weighted by molar-refractivity contribution is -0.138. The average molecular weight is 221 g/mol. The molecule has 0 bridgehead atoms. The molecule has 15 heavy (non-hydrogen) atoms. The van der Waals surface area contributed by atoms with Crippen molar-refractivity contribution >= 4 is 27.6 Å². The third-order valence-electron chi connectivity index (χ3n) is 2.44. The number of benzene rings is 1. The predicted octanol–water partition coefficient (Wildman–Crippen LogP) is 2.87. The monoisotopic (exact) mass is 221 g/mol. The second-order valence-corrected chi connectivity index (χ2v) is 4.17. The number of hydrogen-bond donors (Lipinski definition) is 1. The summed E-state index contributed by atoms with van der Waals surface area (Å²) in [5, 5.41) is 10.0. The van der Waals surface area contributed by atoms with Gasteiger partial charge in [-0.05, 0) is 24.0 Å². The standard InChI is InChI=1S/C11H11NO2S/c1-2-7(11(13)14)10-8-5-3-4-6-9(8)15-12-10/h3-7H,2H2,1H3,(H,13,14). The average Bonchev–Trinajstić information content (AvgIpc) is 2.63. The van der Waals surface area contributed by atoms with E-state index in [1.54, 1.807) is 0 Å². The number of aliphatic carboxylic acids is 1. The van der Waals surface area contributed by atoms with Gasteiger partial charge < -0.3 is 5.11 Å². The van der Waals surface area contributed by atoms with Crippen LogP contribution in [0.4, 0.5) is 0 Å². The maximum atomic E-state index is 11.0. The van der Waals surface area contributed by atoms with E-state index in [0.29, 0.717) is 12.1 Å². The van der Waals surface area contributed by atoms with Gasteiger partial charge in [0.05, 0.1) is 10.4 Å². The van der Waals surface area contributed by atoms with Crippen LogP contribution in [0, 0.1) is 0 Å². The van der Waals surface area contributed by atoms with E-state index in [1.807, 2.05) is 31.2 Å². The Bertz CT molecular complexity index is 492. The molecule has 1 heterocycles. The van der Waals surface area contributed by atoms with Gasteiger partial charge in [-0.2, -0.15) is 4.37 Å². The largest absolute Gasteiger partial charge is 0.481 e. The molecule has 0 saturated carbocycles. The van der Waals surface area contributed by atoms with E-state index in [0.717, 1.165) is 10.1 Å². The summed E-state index contributed by atoms with van der Waals surface area (Å²) in [4.78, 5) is 11.0. The van der Waals surface area contributed by atoms with Crippen molar-refractivity contribution in [2.24, 2.45) is 0 Å². The first-order valence-electron chi connectivity index (χ1n) is 4.81. The second kappa shape index (κ2) is 3.98. The molecule has 0 fully saturated rings. The van der Waals surface area contributed by atoms with Gasteiger partial charge in [-0.3, -0.25) is 4.79 Å². The van der Waals surface area contributed by atoms with Gasteiger partial charge in [0.2, 0.25) is 0 Å². The zero-order valence-corrected chi connectivity index (χ0v) is 9.12. The van der Waals surface area contributed by atoms with Crippen LogP contribution in [0.25, 0.3) is 10.1 Å². The Labute approximate surface area is 91.5 Å². The highest BCUT2D eigenvalue weighted by molar-refractivity contribution is 7.13. The molecule has 1 N–H and O–H groups in total. The van der Waals surface area contributed by atoms with Gasteiger partial charge >= 0.3 is 5.97 Å². The Morgan fingerprint density at radius 1 is 1.53 bits per heavy atom. The molecule has 1 atom stereocenters. The van der Waals surface area contributed by atoms with Gasteiger partial charge in [0.15, 0.2) is 0 Å². The normalized spacial score (nSPS) is 12.9. The third-order valence-corrected chi connectivity index (χ3v) is 3.28. The molecule has 2 aromatic rings. The summed E-state index contributed by atoms with van der Waals surface area (Å²) in [7, 11) is 0. The summed E-state index contributed by atoms with van der Waals surface area (Å²) in [6.07, 6.45) is 0.572. The van der Waals surface area contributed by atoms with Crippen molar-refractivity contribution in [3.8, 4) is 0 Å². The third kappa shape index (κ3) is 1.72. The number of carbonyl (C=O) groups is 1. The maximum absolute atomic E-state index is 11.0. The molecule has 1 unspecified atom stereocenters. The van der Waals surface area contributed by atoms with Gasteiger partial charge in [0, 0.05) is 5.39 Å². The zero-order chi connectivity index (χ0) is 10.8. The Morgan fingerprint density at radius 3 is 2.93 bits per heavy atom. The number of carboxylic acid groups (broad SMARTS) is 1. The van der Waals surface area contributed by atoms with Crippen LogP contribution < -0.4 is 0 Å². The number of nitrogens with zero attached hydrogens (tertiary/aromatic N) is 1.